The van der Waals surface area contributed by atoms with Gasteiger partial charge in [0.1, 0.15) is 0 Å². The van der Waals surface area contributed by atoms with E-state index in [1.807, 2.05) is 36.4 Å². The van der Waals surface area contributed by atoms with Crippen molar-refractivity contribution in [3.8, 4) is 11.5 Å². The molecule has 5 heteroatoms. The zero-order chi connectivity index (χ0) is 26.5. The Morgan fingerprint density at radius 1 is 1.00 bits per heavy atom. The van der Waals surface area contributed by atoms with E-state index in [1.54, 1.807) is 7.11 Å². The fourth-order valence-corrected chi connectivity index (χ4v) is 6.23. The highest BCUT2D eigenvalue weighted by Gasteiger charge is 2.48. The number of benzene rings is 3. The molecule has 2 fully saturated rings. The van der Waals surface area contributed by atoms with Gasteiger partial charge >= 0.3 is 0 Å². The normalized spacial score (nSPS) is 22.8. The summed E-state index contributed by atoms with van der Waals surface area (Å²) in [5.41, 5.74) is 3.04. The largest absolute Gasteiger partial charge is 0.493 e. The molecule has 3 atom stereocenters. The lowest BCUT2D eigenvalue weighted by atomic mass is 9.71. The first-order valence-corrected chi connectivity index (χ1v) is 13.9. The topological polar surface area (TPSA) is 50.8 Å². The molecule has 3 unspecified atom stereocenters. The Hall–Kier alpha value is -3.31. The van der Waals surface area contributed by atoms with E-state index in [9.17, 15) is 4.79 Å². The summed E-state index contributed by atoms with van der Waals surface area (Å²) in [5.74, 6) is 1.81. The molecule has 1 aliphatic heterocycles. The van der Waals surface area contributed by atoms with Gasteiger partial charge in [-0.2, -0.15) is 0 Å². The number of nitrogens with zero attached hydrogens (tertiary/aromatic N) is 1. The zero-order valence-electron chi connectivity index (χ0n) is 22.9. The van der Waals surface area contributed by atoms with Crippen LogP contribution in [0.2, 0.25) is 0 Å². The van der Waals surface area contributed by atoms with Crippen molar-refractivity contribution in [3.05, 3.63) is 95.6 Å². The van der Waals surface area contributed by atoms with Crippen LogP contribution < -0.4 is 14.8 Å². The van der Waals surface area contributed by atoms with Crippen LogP contribution in [0.15, 0.2) is 78.9 Å². The number of nitrogens with one attached hydrogen (secondary N) is 1. The molecule has 1 saturated heterocycles. The summed E-state index contributed by atoms with van der Waals surface area (Å²) in [4.78, 5) is 15.7. The van der Waals surface area contributed by atoms with Crippen LogP contribution in [0.3, 0.4) is 0 Å². The average Bonchev–Trinajstić information content (AvgIpc) is 3.57. The number of ether oxygens (including phenoxy) is 2. The molecule has 1 amide bonds. The van der Waals surface area contributed by atoms with E-state index >= 15 is 0 Å². The van der Waals surface area contributed by atoms with Crippen molar-refractivity contribution >= 4 is 5.91 Å². The van der Waals surface area contributed by atoms with E-state index in [2.05, 4.69) is 66.5 Å². The Labute approximate surface area is 227 Å². The molecule has 0 bridgehead atoms. The summed E-state index contributed by atoms with van der Waals surface area (Å²) in [6.07, 6.45) is 4.90. The van der Waals surface area contributed by atoms with Crippen LogP contribution in [0.1, 0.15) is 66.9 Å². The fourth-order valence-electron chi connectivity index (χ4n) is 6.23. The quantitative estimate of drug-likeness (QED) is 0.358. The van der Waals surface area contributed by atoms with Crippen molar-refractivity contribution in [2.45, 2.75) is 64.1 Å². The van der Waals surface area contributed by atoms with Gasteiger partial charge in [-0.1, -0.05) is 61.5 Å². The van der Waals surface area contributed by atoms with Gasteiger partial charge in [-0.05, 0) is 68.0 Å². The van der Waals surface area contributed by atoms with Crippen molar-refractivity contribution in [1.29, 1.82) is 0 Å². The molecule has 5 rings (SSSR count). The number of hydrogen-bond donors (Lipinski definition) is 1. The molecule has 3 aromatic rings. The third kappa shape index (κ3) is 5.73. The lowest BCUT2D eigenvalue weighted by Crippen LogP contribution is -2.48. The van der Waals surface area contributed by atoms with Crippen LogP contribution in [0.5, 0.6) is 11.5 Å². The minimum atomic E-state index is -0.182. The van der Waals surface area contributed by atoms with Crippen LogP contribution in [0.25, 0.3) is 0 Å². The third-order valence-electron chi connectivity index (χ3n) is 8.61. The lowest BCUT2D eigenvalue weighted by Gasteiger charge is -2.38. The molecule has 1 saturated carbocycles. The van der Waals surface area contributed by atoms with Gasteiger partial charge in [-0.3, -0.25) is 9.69 Å². The van der Waals surface area contributed by atoms with Gasteiger partial charge in [0.25, 0.3) is 5.91 Å². The molecule has 1 N–H and O–H groups in total. The second kappa shape index (κ2) is 11.6. The van der Waals surface area contributed by atoms with Gasteiger partial charge in [-0.15, -0.1) is 0 Å². The minimum absolute atomic E-state index is 0.0282. The van der Waals surface area contributed by atoms with Crippen LogP contribution in [0, 0.1) is 5.41 Å². The van der Waals surface area contributed by atoms with E-state index in [-0.39, 0.29) is 29.4 Å². The smallest absolute Gasteiger partial charge is 0.251 e. The maximum absolute atomic E-state index is 13.1. The highest BCUT2D eigenvalue weighted by molar-refractivity contribution is 5.94. The van der Waals surface area contributed by atoms with E-state index < -0.39 is 0 Å². The van der Waals surface area contributed by atoms with E-state index in [0.29, 0.717) is 5.56 Å². The lowest BCUT2D eigenvalue weighted by molar-refractivity contribution is 0.0889. The predicted octanol–water partition coefficient (Wildman–Crippen LogP) is 6.44. The number of rotatable bonds is 9. The van der Waals surface area contributed by atoms with Crippen LogP contribution in [-0.4, -0.2) is 43.2 Å². The summed E-state index contributed by atoms with van der Waals surface area (Å²) in [5, 5.41) is 3.34. The Morgan fingerprint density at radius 3 is 2.37 bits per heavy atom. The molecule has 0 radical (unpaired) electrons. The Bertz CT molecular complexity index is 1210. The first-order chi connectivity index (χ1) is 18.5. The monoisotopic (exact) mass is 512 g/mol. The third-order valence-corrected chi connectivity index (χ3v) is 8.61. The Balaban J connectivity index is 1.44. The van der Waals surface area contributed by atoms with Gasteiger partial charge in [0.2, 0.25) is 0 Å². The summed E-state index contributed by atoms with van der Waals surface area (Å²) in [6.45, 7) is 7.15. The number of carbonyl (C=O) groups excluding carboxylic acids is 1. The van der Waals surface area contributed by atoms with Gasteiger partial charge < -0.3 is 14.8 Å². The maximum atomic E-state index is 13.1. The van der Waals surface area contributed by atoms with Crippen LogP contribution in [0.4, 0.5) is 0 Å². The molecule has 2 aliphatic rings. The number of hydrogen-bond acceptors (Lipinski definition) is 4. The molecule has 1 heterocycles. The van der Waals surface area contributed by atoms with E-state index in [0.717, 1.165) is 44.0 Å². The minimum Gasteiger partial charge on any atom is -0.493 e. The molecule has 0 aromatic heterocycles. The fraction of sp³-hybridized carbons (Fsp3) is 0.424. The van der Waals surface area contributed by atoms with Crippen molar-refractivity contribution in [2.24, 2.45) is 5.41 Å². The molecule has 5 nitrogen and oxygen atoms in total. The summed E-state index contributed by atoms with van der Waals surface area (Å²) >= 11 is 0. The summed E-state index contributed by atoms with van der Waals surface area (Å²) < 4.78 is 12.1. The summed E-state index contributed by atoms with van der Waals surface area (Å²) in [7, 11) is 1.71. The van der Waals surface area contributed by atoms with Gasteiger partial charge in [0.05, 0.1) is 13.2 Å². The molecular weight excluding hydrogens is 472 g/mol. The first kappa shape index (κ1) is 26.3. The van der Waals surface area contributed by atoms with Gasteiger partial charge in [0, 0.05) is 42.6 Å². The van der Waals surface area contributed by atoms with Crippen molar-refractivity contribution in [2.75, 3.05) is 20.2 Å². The van der Waals surface area contributed by atoms with Crippen LogP contribution in [-0.2, 0) is 6.54 Å². The maximum Gasteiger partial charge on any atom is 0.251 e. The standard InChI is InChI=1S/C33H40N2O3/c1-24(34-32(36)26-14-8-5-9-15-26)33(2)23-35(21-25-12-6-4-7-13-25)22-29(33)27-18-19-30(37-3)31(20-27)38-28-16-10-11-17-28/h4-9,12-15,18-20,24,28-29H,10-11,16-17,21-23H2,1-3H3,(H,34,36). The summed E-state index contributed by atoms with van der Waals surface area (Å²) in [6, 6.07) is 26.5. The van der Waals surface area contributed by atoms with Gasteiger partial charge in [-0.25, -0.2) is 0 Å². The average molecular weight is 513 g/mol. The van der Waals surface area contributed by atoms with Crippen LogP contribution >= 0.6 is 0 Å². The number of amides is 1. The number of methoxy groups -OCH3 is 1. The molecular formula is C33H40N2O3. The highest BCUT2D eigenvalue weighted by atomic mass is 16.5. The van der Waals surface area contributed by atoms with E-state index in [4.69, 9.17) is 9.47 Å². The second-order valence-electron chi connectivity index (χ2n) is 11.2. The van der Waals surface area contributed by atoms with Crippen molar-refractivity contribution < 1.29 is 14.3 Å². The molecule has 38 heavy (non-hydrogen) atoms. The molecule has 1 aliphatic carbocycles. The van der Waals surface area contributed by atoms with E-state index in [1.165, 1.54) is 24.0 Å². The molecule has 200 valence electrons. The number of carbonyl (C=O) groups is 1. The Morgan fingerprint density at radius 2 is 1.68 bits per heavy atom. The van der Waals surface area contributed by atoms with Gasteiger partial charge in [0.15, 0.2) is 11.5 Å². The molecule has 0 spiro atoms. The highest BCUT2D eigenvalue weighted by Crippen LogP contribution is 2.47. The second-order valence-corrected chi connectivity index (χ2v) is 11.2. The van der Waals surface area contributed by atoms with Crippen molar-refractivity contribution in [1.82, 2.24) is 10.2 Å². The zero-order valence-corrected chi connectivity index (χ0v) is 22.9. The predicted molar refractivity (Wildman–Crippen MR) is 152 cm³/mol. The number of likely N-dealkylation sites (tertiary alicyclic amines) is 1. The Kier molecular flexibility index (Phi) is 8.04. The first-order valence-electron chi connectivity index (χ1n) is 13.9. The molecule has 3 aromatic carbocycles. The van der Waals surface area contributed by atoms with Crippen molar-refractivity contribution in [3.63, 3.8) is 0 Å². The SMILES string of the molecule is COc1ccc(C2CN(Cc3ccccc3)CC2(C)C(C)NC(=O)c2ccccc2)cc1OC1CCCC1.